The zero-order valence-corrected chi connectivity index (χ0v) is 14.9. The number of aromatic amines is 1. The van der Waals surface area contributed by atoms with Crippen LogP contribution in [0.1, 0.15) is 11.1 Å². The van der Waals surface area contributed by atoms with Gasteiger partial charge in [-0.15, -0.1) is 9.73 Å². The molecule has 0 bridgehead atoms. The number of hydrogen-bond donors (Lipinski definition) is 1. The standard InChI is InChI=1S/C17H13FN6O2S/c1-10-2-4-11(5-3-10)9-27-17-22-24-15(12(18)6-21-24)16(26)23(17)13-7-20-14(25)8-19-13/h2-8H,9H2,1H3,(H,20,25). The van der Waals surface area contributed by atoms with Gasteiger partial charge >= 0.3 is 0 Å². The Balaban J connectivity index is 1.83. The summed E-state index contributed by atoms with van der Waals surface area (Å²) in [6, 6.07) is 7.95. The second kappa shape index (κ2) is 6.80. The van der Waals surface area contributed by atoms with Crippen LogP contribution in [0.2, 0.25) is 0 Å². The van der Waals surface area contributed by atoms with Crippen molar-refractivity contribution in [2.75, 3.05) is 0 Å². The van der Waals surface area contributed by atoms with E-state index in [1.165, 1.54) is 18.0 Å². The molecule has 0 spiro atoms. The summed E-state index contributed by atoms with van der Waals surface area (Å²) in [5, 5.41) is 8.30. The predicted molar refractivity (Wildman–Crippen MR) is 97.7 cm³/mol. The van der Waals surface area contributed by atoms with E-state index in [0.717, 1.165) is 32.7 Å². The minimum Gasteiger partial charge on any atom is -0.324 e. The third kappa shape index (κ3) is 3.26. The molecule has 10 heteroatoms. The van der Waals surface area contributed by atoms with Crippen molar-refractivity contribution in [3.63, 3.8) is 0 Å². The number of benzene rings is 1. The van der Waals surface area contributed by atoms with Crippen LogP contribution in [0.15, 0.2) is 57.6 Å². The van der Waals surface area contributed by atoms with Crippen LogP contribution in [-0.2, 0) is 5.75 Å². The Kier molecular flexibility index (Phi) is 4.32. The Labute approximate surface area is 155 Å². The number of aryl methyl sites for hydroxylation is 1. The van der Waals surface area contributed by atoms with Crippen LogP contribution >= 0.6 is 11.8 Å². The van der Waals surface area contributed by atoms with Crippen molar-refractivity contribution in [2.24, 2.45) is 0 Å². The Morgan fingerprint density at radius 3 is 2.67 bits per heavy atom. The molecule has 1 N–H and O–H groups in total. The molecule has 4 rings (SSSR count). The van der Waals surface area contributed by atoms with E-state index in [1.807, 2.05) is 31.2 Å². The van der Waals surface area contributed by atoms with Gasteiger partial charge in [0.25, 0.3) is 11.1 Å². The van der Waals surface area contributed by atoms with E-state index in [4.69, 9.17) is 0 Å². The number of aromatic nitrogens is 6. The Morgan fingerprint density at radius 1 is 1.19 bits per heavy atom. The first-order chi connectivity index (χ1) is 13.0. The van der Waals surface area contributed by atoms with Crippen molar-refractivity contribution in [1.82, 2.24) is 29.4 Å². The molecule has 0 unspecified atom stereocenters. The van der Waals surface area contributed by atoms with Gasteiger partial charge in [-0.05, 0) is 12.5 Å². The molecule has 0 radical (unpaired) electrons. The van der Waals surface area contributed by atoms with Crippen molar-refractivity contribution in [1.29, 1.82) is 0 Å². The topological polar surface area (TPSA) is 97.9 Å². The van der Waals surface area contributed by atoms with Crippen molar-refractivity contribution in [3.8, 4) is 5.82 Å². The molecule has 27 heavy (non-hydrogen) atoms. The van der Waals surface area contributed by atoms with E-state index in [-0.39, 0.29) is 16.5 Å². The van der Waals surface area contributed by atoms with Gasteiger partial charge < -0.3 is 4.98 Å². The summed E-state index contributed by atoms with van der Waals surface area (Å²) in [5.41, 5.74) is 0.816. The van der Waals surface area contributed by atoms with Gasteiger partial charge in [0.2, 0.25) is 0 Å². The molecule has 0 fully saturated rings. The third-order valence-electron chi connectivity index (χ3n) is 3.86. The minimum absolute atomic E-state index is 0.140. The Bertz CT molecular complexity index is 1220. The molecule has 1 aromatic carbocycles. The van der Waals surface area contributed by atoms with Crippen molar-refractivity contribution in [3.05, 3.63) is 80.5 Å². The third-order valence-corrected chi connectivity index (χ3v) is 4.86. The van der Waals surface area contributed by atoms with E-state index in [0.29, 0.717) is 5.75 Å². The first-order valence-corrected chi connectivity index (χ1v) is 8.91. The number of nitrogens with one attached hydrogen (secondary N) is 1. The summed E-state index contributed by atoms with van der Waals surface area (Å²) >= 11 is 1.28. The average molecular weight is 384 g/mol. The van der Waals surface area contributed by atoms with Gasteiger partial charge in [0.1, 0.15) is 0 Å². The molecule has 136 valence electrons. The molecule has 0 aliphatic rings. The van der Waals surface area contributed by atoms with E-state index in [2.05, 4.69) is 20.2 Å². The summed E-state index contributed by atoms with van der Waals surface area (Å²) in [7, 11) is 0. The number of nitrogens with zero attached hydrogens (tertiary/aromatic N) is 5. The quantitative estimate of drug-likeness (QED) is 0.538. The van der Waals surface area contributed by atoms with Crippen LogP contribution < -0.4 is 11.1 Å². The van der Waals surface area contributed by atoms with Gasteiger partial charge in [-0.25, -0.2) is 13.9 Å². The van der Waals surface area contributed by atoms with Crippen LogP contribution in [0.25, 0.3) is 11.3 Å². The molecular formula is C17H13FN6O2S. The molecule has 0 saturated carbocycles. The van der Waals surface area contributed by atoms with E-state index >= 15 is 0 Å². The number of thioether (sulfide) groups is 1. The maximum absolute atomic E-state index is 14.0. The van der Waals surface area contributed by atoms with Crippen molar-refractivity contribution in [2.45, 2.75) is 17.8 Å². The summed E-state index contributed by atoms with van der Waals surface area (Å²) < 4.78 is 16.1. The number of hydrogen-bond acceptors (Lipinski definition) is 6. The molecule has 0 aliphatic heterocycles. The summed E-state index contributed by atoms with van der Waals surface area (Å²) in [4.78, 5) is 30.6. The Hall–Kier alpha value is -3.27. The highest BCUT2D eigenvalue weighted by Crippen LogP contribution is 2.22. The summed E-state index contributed by atoms with van der Waals surface area (Å²) in [6.45, 7) is 2.00. The maximum Gasteiger partial charge on any atom is 0.289 e. The predicted octanol–water partition coefficient (Wildman–Crippen LogP) is 1.70. The van der Waals surface area contributed by atoms with Crippen LogP contribution in [-0.4, -0.2) is 29.4 Å². The molecule has 0 saturated heterocycles. The lowest BCUT2D eigenvalue weighted by Crippen LogP contribution is -2.26. The fourth-order valence-electron chi connectivity index (χ4n) is 2.49. The highest BCUT2D eigenvalue weighted by molar-refractivity contribution is 7.98. The highest BCUT2D eigenvalue weighted by atomic mass is 32.2. The van der Waals surface area contributed by atoms with Crippen molar-refractivity contribution >= 4 is 17.3 Å². The molecule has 3 aromatic heterocycles. The van der Waals surface area contributed by atoms with E-state index < -0.39 is 16.9 Å². The number of fused-ring (bicyclic) bond motifs is 1. The molecular weight excluding hydrogens is 371 g/mol. The zero-order valence-electron chi connectivity index (χ0n) is 14.1. The largest absolute Gasteiger partial charge is 0.324 e. The maximum atomic E-state index is 14.0. The molecule has 8 nitrogen and oxygen atoms in total. The summed E-state index contributed by atoms with van der Waals surface area (Å²) in [6.07, 6.45) is 3.27. The van der Waals surface area contributed by atoms with Gasteiger partial charge in [-0.3, -0.25) is 9.59 Å². The highest BCUT2D eigenvalue weighted by Gasteiger charge is 2.18. The van der Waals surface area contributed by atoms with Crippen LogP contribution in [0, 0.1) is 12.7 Å². The molecule has 4 aromatic rings. The smallest absolute Gasteiger partial charge is 0.289 e. The number of rotatable bonds is 4. The van der Waals surface area contributed by atoms with E-state index in [1.54, 1.807) is 0 Å². The number of halogens is 1. The average Bonchev–Trinajstić information content (AvgIpc) is 3.03. The molecule has 3 heterocycles. The lowest BCUT2D eigenvalue weighted by molar-refractivity contribution is 0.623. The van der Waals surface area contributed by atoms with Gasteiger partial charge in [0, 0.05) is 11.9 Å². The fourth-order valence-corrected chi connectivity index (χ4v) is 3.42. The normalized spacial score (nSPS) is 11.2. The zero-order chi connectivity index (χ0) is 19.0. The molecule has 0 atom stereocenters. The molecule has 0 amide bonds. The van der Waals surface area contributed by atoms with Crippen LogP contribution in [0.4, 0.5) is 4.39 Å². The van der Waals surface area contributed by atoms with E-state index in [9.17, 15) is 14.0 Å². The van der Waals surface area contributed by atoms with Gasteiger partial charge in [-0.1, -0.05) is 41.6 Å². The number of H-pyrrole nitrogens is 1. The van der Waals surface area contributed by atoms with Crippen LogP contribution in [0.5, 0.6) is 0 Å². The second-order valence-electron chi connectivity index (χ2n) is 5.80. The second-order valence-corrected chi connectivity index (χ2v) is 6.74. The first-order valence-electron chi connectivity index (χ1n) is 7.93. The van der Waals surface area contributed by atoms with Crippen LogP contribution in [0.3, 0.4) is 0 Å². The van der Waals surface area contributed by atoms with Gasteiger partial charge in [0.15, 0.2) is 22.3 Å². The lowest BCUT2D eigenvalue weighted by Gasteiger charge is -2.11. The minimum atomic E-state index is -0.777. The van der Waals surface area contributed by atoms with Gasteiger partial charge in [0.05, 0.1) is 12.4 Å². The molecule has 0 aliphatic carbocycles. The van der Waals surface area contributed by atoms with Crippen molar-refractivity contribution < 1.29 is 4.39 Å². The lowest BCUT2D eigenvalue weighted by atomic mass is 10.2. The van der Waals surface area contributed by atoms with Gasteiger partial charge in [-0.2, -0.15) is 5.10 Å². The monoisotopic (exact) mass is 384 g/mol. The summed E-state index contributed by atoms with van der Waals surface area (Å²) in [5.74, 6) is -0.104. The first kappa shape index (κ1) is 17.2. The SMILES string of the molecule is Cc1ccc(CSc2nn3ncc(F)c3c(=O)n2-c2c[nH]c(=O)cn2)cc1. The fraction of sp³-hybridized carbons (Fsp3) is 0.118. The Morgan fingerprint density at radius 2 is 1.96 bits per heavy atom.